The lowest BCUT2D eigenvalue weighted by Crippen LogP contribution is -2.55. The van der Waals surface area contributed by atoms with Crippen molar-refractivity contribution in [2.75, 3.05) is 4.90 Å². The molecule has 13 rings (SSSR count). The Morgan fingerprint density at radius 3 is 1.84 bits per heavy atom. The molecule has 2 nitrogen and oxygen atoms in total. The first-order valence-corrected chi connectivity index (χ1v) is 19.2. The molecule has 0 unspecified atom stereocenters. The average Bonchev–Trinajstić information content (AvgIpc) is 3.74. The van der Waals surface area contributed by atoms with Gasteiger partial charge in [0.2, 0.25) is 0 Å². The molecule has 0 radical (unpaired) electrons. The summed E-state index contributed by atoms with van der Waals surface area (Å²) >= 11 is 0. The normalized spacial score (nSPS) is 25.7. The summed E-state index contributed by atoms with van der Waals surface area (Å²) in [5, 5.41) is 2.31. The largest absolute Gasteiger partial charge is 0.456 e. The fourth-order valence-corrected chi connectivity index (χ4v) is 12.4. The molecule has 1 spiro atoms. The van der Waals surface area contributed by atoms with Crippen LogP contribution in [0.15, 0.2) is 132 Å². The van der Waals surface area contributed by atoms with Crippen LogP contribution in [-0.4, -0.2) is 0 Å². The molecule has 0 saturated heterocycles. The average molecular weight is 660 g/mol. The van der Waals surface area contributed by atoms with E-state index in [1.165, 1.54) is 76.9 Å². The zero-order chi connectivity index (χ0) is 33.6. The Bertz CT molecular complexity index is 2570. The Morgan fingerprint density at radius 2 is 1.04 bits per heavy atom. The predicted octanol–water partition coefficient (Wildman–Crippen LogP) is 13.1. The van der Waals surface area contributed by atoms with Crippen LogP contribution in [0.1, 0.15) is 68.2 Å². The number of anilines is 3. The van der Waals surface area contributed by atoms with Gasteiger partial charge in [-0.2, -0.15) is 0 Å². The fourth-order valence-electron chi connectivity index (χ4n) is 12.4. The molecule has 0 atom stereocenters. The lowest BCUT2D eigenvalue weighted by Gasteiger charge is -2.61. The summed E-state index contributed by atoms with van der Waals surface area (Å²) in [4.78, 5) is 2.51. The van der Waals surface area contributed by atoms with Crippen LogP contribution in [0.3, 0.4) is 0 Å². The molecule has 1 heterocycles. The van der Waals surface area contributed by atoms with Gasteiger partial charge in [-0.1, -0.05) is 92.7 Å². The molecule has 0 N–H and O–H groups in total. The number of para-hydroxylation sites is 1. The molecule has 0 aliphatic heterocycles. The number of rotatable bonds is 3. The van der Waals surface area contributed by atoms with E-state index in [0.29, 0.717) is 0 Å². The SMILES string of the molecule is CC1(C)c2ccccc2-c2ccc(N(c3ccc4c(c3)-c3ccccc3C43C4CC5CC(C4)CC3C5)c3ccc4oc5ccccc5c4c3)cc21. The third-order valence-corrected chi connectivity index (χ3v) is 14.2. The molecule has 0 amide bonds. The Morgan fingerprint density at radius 1 is 0.471 bits per heavy atom. The lowest BCUT2D eigenvalue weighted by atomic mass is 9.43. The third kappa shape index (κ3) is 3.63. The summed E-state index contributed by atoms with van der Waals surface area (Å²) in [6.45, 7) is 4.76. The van der Waals surface area contributed by atoms with E-state index in [0.717, 1.165) is 51.3 Å². The molecule has 1 aromatic heterocycles. The van der Waals surface area contributed by atoms with Gasteiger partial charge in [0.1, 0.15) is 11.2 Å². The van der Waals surface area contributed by atoms with E-state index in [4.69, 9.17) is 4.42 Å². The van der Waals surface area contributed by atoms with Crippen LogP contribution in [0.5, 0.6) is 0 Å². The van der Waals surface area contributed by atoms with Gasteiger partial charge in [0, 0.05) is 38.7 Å². The monoisotopic (exact) mass is 659 g/mol. The molecule has 4 saturated carbocycles. The van der Waals surface area contributed by atoms with Crippen LogP contribution in [0.2, 0.25) is 0 Å². The summed E-state index contributed by atoms with van der Waals surface area (Å²) in [5.41, 5.74) is 17.1. The number of furan rings is 1. The summed E-state index contributed by atoms with van der Waals surface area (Å²) in [5.74, 6) is 3.40. The van der Waals surface area contributed by atoms with Crippen LogP contribution in [0.25, 0.3) is 44.2 Å². The maximum absolute atomic E-state index is 6.31. The fraction of sp³-hybridized carbons (Fsp3) is 0.265. The van der Waals surface area contributed by atoms with Gasteiger partial charge in [-0.15, -0.1) is 0 Å². The van der Waals surface area contributed by atoms with Crippen molar-refractivity contribution >= 4 is 39.0 Å². The number of fused-ring (bicyclic) bond motifs is 9. The zero-order valence-corrected chi connectivity index (χ0v) is 29.3. The van der Waals surface area contributed by atoms with E-state index < -0.39 is 0 Å². The topological polar surface area (TPSA) is 16.4 Å². The number of benzene rings is 6. The van der Waals surface area contributed by atoms with E-state index in [1.54, 1.807) is 11.1 Å². The molecule has 6 aliphatic carbocycles. The molecule has 2 heteroatoms. The van der Waals surface area contributed by atoms with Crippen molar-refractivity contribution in [1.29, 1.82) is 0 Å². The maximum Gasteiger partial charge on any atom is 0.135 e. The molecule has 4 bridgehead atoms. The van der Waals surface area contributed by atoms with Crippen LogP contribution < -0.4 is 4.90 Å². The Balaban J connectivity index is 1.08. The van der Waals surface area contributed by atoms with Crippen molar-refractivity contribution in [3.8, 4) is 22.3 Å². The highest BCUT2D eigenvalue weighted by atomic mass is 16.3. The van der Waals surface area contributed by atoms with Crippen molar-refractivity contribution in [3.63, 3.8) is 0 Å². The molecular weight excluding hydrogens is 619 g/mol. The first-order valence-electron chi connectivity index (χ1n) is 19.2. The van der Waals surface area contributed by atoms with Crippen molar-refractivity contribution in [2.45, 2.75) is 56.8 Å². The maximum atomic E-state index is 6.31. The second kappa shape index (κ2) is 9.82. The minimum Gasteiger partial charge on any atom is -0.456 e. The molecule has 7 aromatic rings. The highest BCUT2D eigenvalue weighted by Gasteiger charge is 2.61. The van der Waals surface area contributed by atoms with Gasteiger partial charge >= 0.3 is 0 Å². The number of hydrogen-bond donors (Lipinski definition) is 0. The van der Waals surface area contributed by atoms with E-state index in [-0.39, 0.29) is 10.8 Å². The van der Waals surface area contributed by atoms with Gasteiger partial charge in [-0.05, 0) is 149 Å². The summed E-state index contributed by atoms with van der Waals surface area (Å²) in [6, 6.07) is 48.3. The van der Waals surface area contributed by atoms with Crippen molar-refractivity contribution in [3.05, 3.63) is 150 Å². The molecule has 248 valence electrons. The zero-order valence-electron chi connectivity index (χ0n) is 29.3. The van der Waals surface area contributed by atoms with E-state index in [9.17, 15) is 0 Å². The minimum atomic E-state index is -0.0823. The van der Waals surface area contributed by atoms with Gasteiger partial charge in [-0.3, -0.25) is 0 Å². The number of nitrogens with zero attached hydrogens (tertiary/aromatic N) is 1. The quantitative estimate of drug-likeness (QED) is 0.188. The highest BCUT2D eigenvalue weighted by Crippen LogP contribution is 2.69. The second-order valence-electron chi connectivity index (χ2n) is 17.0. The van der Waals surface area contributed by atoms with Crippen LogP contribution in [0, 0.1) is 23.7 Å². The van der Waals surface area contributed by atoms with E-state index >= 15 is 0 Å². The molecule has 51 heavy (non-hydrogen) atoms. The molecule has 4 fully saturated rings. The van der Waals surface area contributed by atoms with Crippen molar-refractivity contribution in [2.24, 2.45) is 23.7 Å². The smallest absolute Gasteiger partial charge is 0.135 e. The minimum absolute atomic E-state index is 0.0823. The third-order valence-electron chi connectivity index (χ3n) is 14.2. The highest BCUT2D eigenvalue weighted by molar-refractivity contribution is 6.06. The van der Waals surface area contributed by atoms with Gasteiger partial charge in [0.25, 0.3) is 0 Å². The van der Waals surface area contributed by atoms with Crippen molar-refractivity contribution < 1.29 is 4.42 Å². The summed E-state index contributed by atoms with van der Waals surface area (Å²) in [6.07, 6.45) is 7.09. The molecular formula is C49H41NO. The van der Waals surface area contributed by atoms with Crippen LogP contribution in [-0.2, 0) is 10.8 Å². The molecule has 6 aliphatic rings. The van der Waals surface area contributed by atoms with Gasteiger partial charge in [0.05, 0.1) is 0 Å². The summed E-state index contributed by atoms with van der Waals surface area (Å²) in [7, 11) is 0. The van der Waals surface area contributed by atoms with Gasteiger partial charge < -0.3 is 9.32 Å². The molecule has 6 aromatic carbocycles. The van der Waals surface area contributed by atoms with Crippen molar-refractivity contribution in [1.82, 2.24) is 0 Å². The number of hydrogen-bond acceptors (Lipinski definition) is 2. The summed E-state index contributed by atoms with van der Waals surface area (Å²) < 4.78 is 6.31. The Kier molecular flexibility index (Phi) is 5.51. The van der Waals surface area contributed by atoms with E-state index in [1.807, 2.05) is 0 Å². The van der Waals surface area contributed by atoms with Crippen LogP contribution >= 0.6 is 0 Å². The predicted molar refractivity (Wildman–Crippen MR) is 209 cm³/mol. The van der Waals surface area contributed by atoms with E-state index in [2.05, 4.69) is 146 Å². The van der Waals surface area contributed by atoms with Gasteiger partial charge in [-0.25, -0.2) is 0 Å². The standard InChI is InChI=1S/C49H41NO/c1-48(2)42-12-6-3-9-36(42)38-18-15-35(28-45(38)48)50(34-17-20-47-41(27-34)39-11-5-8-14-46(39)51-47)33-16-19-44-40(26-33)37-10-4-7-13-43(37)49(44)31-22-29-21-30(24-31)25-32(49)23-29/h3-20,26-32H,21-25H2,1-2H3. The lowest BCUT2D eigenvalue weighted by molar-refractivity contribution is -0.0399. The van der Waals surface area contributed by atoms with Crippen LogP contribution in [0.4, 0.5) is 17.1 Å². The first-order chi connectivity index (χ1) is 25.0. The Labute approximate surface area is 299 Å². The Hall–Kier alpha value is -5.08. The van der Waals surface area contributed by atoms with Gasteiger partial charge in [0.15, 0.2) is 0 Å². The second-order valence-corrected chi connectivity index (χ2v) is 17.0. The first kappa shape index (κ1) is 28.6.